The average Bonchev–Trinajstić information content (AvgIpc) is 3.19. The number of hydrogen-bond donors (Lipinski definition) is 0. The fourth-order valence-corrected chi connectivity index (χ4v) is 5.90. The third kappa shape index (κ3) is 4.30. The van der Waals surface area contributed by atoms with E-state index in [9.17, 15) is 17.6 Å². The molecule has 0 aromatic heterocycles. The maximum Gasteiger partial charge on any atom is 0.260 e. The normalized spacial score (nSPS) is 19.0. The first-order chi connectivity index (χ1) is 14.8. The van der Waals surface area contributed by atoms with Gasteiger partial charge in [0.2, 0.25) is 10.0 Å². The molecule has 4 rings (SSSR count). The summed E-state index contributed by atoms with van der Waals surface area (Å²) in [4.78, 5) is 14.3. The minimum atomic E-state index is -3.86. The highest BCUT2D eigenvalue weighted by atomic mass is 32.2. The molecule has 7 nitrogen and oxygen atoms in total. The molecule has 2 aliphatic rings. The Morgan fingerprint density at radius 3 is 2.52 bits per heavy atom. The highest BCUT2D eigenvalue weighted by molar-refractivity contribution is 7.89. The van der Waals surface area contributed by atoms with Gasteiger partial charge < -0.3 is 14.4 Å². The molecule has 0 bridgehead atoms. The van der Waals surface area contributed by atoms with Gasteiger partial charge >= 0.3 is 0 Å². The molecule has 2 aliphatic heterocycles. The lowest BCUT2D eigenvalue weighted by Crippen LogP contribution is -2.56. The Kier molecular flexibility index (Phi) is 6.00. The number of amides is 1. The predicted octanol–water partition coefficient (Wildman–Crippen LogP) is 2.55. The summed E-state index contributed by atoms with van der Waals surface area (Å²) in [5, 5.41) is 0. The minimum absolute atomic E-state index is 0.0473. The number of rotatable bonds is 5. The van der Waals surface area contributed by atoms with Crippen LogP contribution in [0.1, 0.15) is 18.4 Å². The Labute approximate surface area is 181 Å². The smallest absolute Gasteiger partial charge is 0.260 e. The third-order valence-corrected chi connectivity index (χ3v) is 7.79. The fourth-order valence-electron chi connectivity index (χ4n) is 4.09. The minimum Gasteiger partial charge on any atom is -0.484 e. The van der Waals surface area contributed by atoms with Crippen LogP contribution < -0.4 is 4.74 Å². The van der Waals surface area contributed by atoms with Crippen molar-refractivity contribution in [3.63, 3.8) is 0 Å². The molecule has 0 radical (unpaired) electrons. The highest BCUT2D eigenvalue weighted by Gasteiger charge is 2.51. The molecule has 0 saturated carbocycles. The third-order valence-electron chi connectivity index (χ3n) is 5.84. The van der Waals surface area contributed by atoms with E-state index in [1.54, 1.807) is 17.0 Å². The molecule has 0 atom stereocenters. The van der Waals surface area contributed by atoms with Crippen molar-refractivity contribution in [2.24, 2.45) is 0 Å². The van der Waals surface area contributed by atoms with Gasteiger partial charge in [-0.2, -0.15) is 4.31 Å². The van der Waals surface area contributed by atoms with Gasteiger partial charge in [0, 0.05) is 32.5 Å². The second-order valence-electron chi connectivity index (χ2n) is 7.77. The second kappa shape index (κ2) is 8.57. The van der Waals surface area contributed by atoms with Crippen molar-refractivity contribution < 1.29 is 27.1 Å². The molecule has 9 heteroatoms. The van der Waals surface area contributed by atoms with E-state index >= 15 is 0 Å². The number of piperidine rings is 1. The molecule has 1 spiro atoms. The van der Waals surface area contributed by atoms with Crippen LogP contribution >= 0.6 is 0 Å². The number of sulfonamides is 1. The van der Waals surface area contributed by atoms with E-state index in [-0.39, 0.29) is 36.1 Å². The number of hydrogen-bond acceptors (Lipinski definition) is 5. The van der Waals surface area contributed by atoms with Crippen molar-refractivity contribution in [1.82, 2.24) is 9.21 Å². The molecule has 1 amide bonds. The summed E-state index contributed by atoms with van der Waals surface area (Å²) >= 11 is 0. The maximum atomic E-state index is 13.6. The van der Waals surface area contributed by atoms with Gasteiger partial charge in [-0.15, -0.1) is 0 Å². The molecule has 2 fully saturated rings. The van der Waals surface area contributed by atoms with E-state index in [1.165, 1.54) is 29.4 Å². The number of halogens is 1. The maximum absolute atomic E-state index is 13.6. The molecule has 0 unspecified atom stereocenters. The Bertz CT molecular complexity index is 1050. The van der Waals surface area contributed by atoms with Gasteiger partial charge in [-0.05, 0) is 42.8 Å². The zero-order valence-corrected chi connectivity index (χ0v) is 18.1. The molecule has 0 N–H and O–H groups in total. The van der Waals surface area contributed by atoms with Gasteiger partial charge in [0.1, 0.15) is 17.3 Å². The zero-order chi connectivity index (χ0) is 22.1. The molecule has 31 heavy (non-hydrogen) atoms. The van der Waals surface area contributed by atoms with Gasteiger partial charge in [0.25, 0.3) is 5.91 Å². The summed E-state index contributed by atoms with van der Waals surface area (Å²) in [6.07, 6.45) is 0.729. The van der Waals surface area contributed by atoms with Crippen LogP contribution in [0.3, 0.4) is 0 Å². The zero-order valence-electron chi connectivity index (χ0n) is 17.3. The lowest BCUT2D eigenvalue weighted by molar-refractivity contribution is -0.142. The topological polar surface area (TPSA) is 76.2 Å². The number of ether oxygens (including phenoxy) is 2. The summed E-state index contributed by atoms with van der Waals surface area (Å²) in [6.45, 7) is 2.70. The van der Waals surface area contributed by atoms with Crippen molar-refractivity contribution >= 4 is 15.9 Å². The van der Waals surface area contributed by atoms with E-state index in [1.807, 2.05) is 18.2 Å². The van der Waals surface area contributed by atoms with Gasteiger partial charge in [-0.1, -0.05) is 18.2 Å². The number of aryl methyl sites for hydroxylation is 1. The lowest BCUT2D eigenvalue weighted by atomic mass is 10.0. The van der Waals surface area contributed by atoms with Crippen molar-refractivity contribution in [2.45, 2.75) is 30.4 Å². The van der Waals surface area contributed by atoms with E-state index < -0.39 is 21.6 Å². The number of carbonyl (C=O) groups is 1. The van der Waals surface area contributed by atoms with E-state index in [0.717, 1.165) is 0 Å². The van der Waals surface area contributed by atoms with Crippen molar-refractivity contribution in [1.29, 1.82) is 0 Å². The van der Waals surface area contributed by atoms with Crippen LogP contribution in [0.25, 0.3) is 0 Å². The Hall–Kier alpha value is -2.49. The van der Waals surface area contributed by atoms with Crippen LogP contribution in [0, 0.1) is 12.7 Å². The first-order valence-corrected chi connectivity index (χ1v) is 11.6. The van der Waals surface area contributed by atoms with Crippen LogP contribution in [0.4, 0.5) is 4.39 Å². The quantitative estimate of drug-likeness (QED) is 0.703. The van der Waals surface area contributed by atoms with Crippen LogP contribution in [0.15, 0.2) is 53.4 Å². The van der Waals surface area contributed by atoms with Gasteiger partial charge in [0.05, 0.1) is 11.5 Å². The average molecular weight is 449 g/mol. The summed E-state index contributed by atoms with van der Waals surface area (Å²) in [5.41, 5.74) is -0.716. The Morgan fingerprint density at radius 2 is 1.84 bits per heavy atom. The van der Waals surface area contributed by atoms with Gasteiger partial charge in [-0.3, -0.25) is 4.79 Å². The van der Waals surface area contributed by atoms with Crippen molar-refractivity contribution in [2.75, 3.05) is 32.8 Å². The number of likely N-dealkylation sites (tertiary alicyclic amines) is 1. The van der Waals surface area contributed by atoms with Crippen LogP contribution in [0.2, 0.25) is 0 Å². The highest BCUT2D eigenvalue weighted by Crippen LogP contribution is 2.38. The van der Waals surface area contributed by atoms with E-state index in [0.29, 0.717) is 31.7 Å². The van der Waals surface area contributed by atoms with Crippen molar-refractivity contribution in [3.8, 4) is 5.75 Å². The molecule has 0 aliphatic carbocycles. The fraction of sp³-hybridized carbons (Fsp3) is 0.409. The molecular weight excluding hydrogens is 423 g/mol. The molecule has 166 valence electrons. The number of carbonyl (C=O) groups excluding carboxylic acids is 1. The summed E-state index contributed by atoms with van der Waals surface area (Å²) in [6, 6.07) is 12.9. The van der Waals surface area contributed by atoms with E-state index in [4.69, 9.17) is 9.47 Å². The number of benzene rings is 2. The lowest BCUT2D eigenvalue weighted by Gasteiger charge is -2.42. The monoisotopic (exact) mass is 448 g/mol. The standard InChI is InChI=1S/C22H25FN2O5S/c1-17-15-19(7-8-20(17)23)31(27,28)25-13-14-30-22(25)9-11-24(12-10-22)21(26)16-29-18-5-3-2-4-6-18/h2-8,15H,9-14,16H2,1H3. The van der Waals surface area contributed by atoms with Crippen molar-refractivity contribution in [3.05, 3.63) is 59.9 Å². The van der Waals surface area contributed by atoms with Crippen LogP contribution in [-0.4, -0.2) is 62.1 Å². The SMILES string of the molecule is Cc1cc(S(=O)(=O)N2CCOC23CCN(C(=O)COc2ccccc2)CC3)ccc1F. The largest absolute Gasteiger partial charge is 0.484 e. The Balaban J connectivity index is 1.43. The molecule has 2 aromatic carbocycles. The molecular formula is C22H25FN2O5S. The van der Waals surface area contributed by atoms with Crippen LogP contribution in [0.5, 0.6) is 5.75 Å². The van der Waals surface area contributed by atoms with E-state index in [2.05, 4.69) is 0 Å². The molecule has 2 heterocycles. The first kappa shape index (κ1) is 21.7. The molecule has 2 aromatic rings. The second-order valence-corrected chi connectivity index (χ2v) is 9.63. The number of para-hydroxylation sites is 1. The number of nitrogens with zero attached hydrogens (tertiary/aromatic N) is 2. The summed E-state index contributed by atoms with van der Waals surface area (Å²) < 4.78 is 53.0. The van der Waals surface area contributed by atoms with Gasteiger partial charge in [0.15, 0.2) is 6.61 Å². The van der Waals surface area contributed by atoms with Crippen LogP contribution in [-0.2, 0) is 19.6 Å². The summed E-state index contributed by atoms with van der Waals surface area (Å²) in [5.74, 6) is 0.0199. The molecule has 2 saturated heterocycles. The predicted molar refractivity (Wildman–Crippen MR) is 111 cm³/mol. The first-order valence-electron chi connectivity index (χ1n) is 10.2. The van der Waals surface area contributed by atoms with Gasteiger partial charge in [-0.25, -0.2) is 12.8 Å². The summed E-state index contributed by atoms with van der Waals surface area (Å²) in [7, 11) is -3.86. The Morgan fingerprint density at radius 1 is 1.13 bits per heavy atom.